The third kappa shape index (κ3) is 4.92. The van der Waals surface area contributed by atoms with Crippen LogP contribution in [0.2, 0.25) is 10.0 Å². The Bertz CT molecular complexity index is 1190. The number of sulfonamides is 1. The Balaban J connectivity index is 1.74. The van der Waals surface area contributed by atoms with E-state index in [1.165, 1.54) is 42.5 Å². The highest BCUT2D eigenvalue weighted by molar-refractivity contribution is 7.92. The van der Waals surface area contributed by atoms with Crippen molar-refractivity contribution in [2.24, 2.45) is 0 Å². The fraction of sp³-hybridized carbons (Fsp3) is 0.211. The average Bonchev–Trinajstić information content (AvgIpc) is 3.11. The molecule has 0 fully saturated rings. The SMILES string of the molecule is Cc1nc(C(C)(C)NC(=O)c2ccc(NS(=O)(=O)c3cc(Cl)ccc3Cl)cc2)no1. The summed E-state index contributed by atoms with van der Waals surface area (Å²) in [4.78, 5) is 16.6. The quantitative estimate of drug-likeness (QED) is 0.561. The Kier molecular flexibility index (Phi) is 6.07. The number of nitrogens with zero attached hydrogens (tertiary/aromatic N) is 2. The predicted molar refractivity (Wildman–Crippen MR) is 113 cm³/mol. The summed E-state index contributed by atoms with van der Waals surface area (Å²) in [5.41, 5.74) is -0.277. The van der Waals surface area contributed by atoms with Crippen LogP contribution in [0, 0.1) is 6.92 Å². The van der Waals surface area contributed by atoms with E-state index in [1.54, 1.807) is 20.8 Å². The molecule has 1 aromatic heterocycles. The molecule has 0 saturated heterocycles. The van der Waals surface area contributed by atoms with Crippen molar-refractivity contribution in [1.29, 1.82) is 0 Å². The summed E-state index contributed by atoms with van der Waals surface area (Å²) in [6, 6.07) is 10.1. The van der Waals surface area contributed by atoms with Gasteiger partial charge in [-0.05, 0) is 56.3 Å². The first-order valence-corrected chi connectivity index (χ1v) is 10.9. The Morgan fingerprint density at radius 1 is 1.10 bits per heavy atom. The molecular formula is C19H18Cl2N4O4S. The summed E-state index contributed by atoms with van der Waals surface area (Å²) < 4.78 is 32.5. The van der Waals surface area contributed by atoms with Crippen molar-refractivity contribution in [2.75, 3.05) is 4.72 Å². The molecule has 0 aliphatic heterocycles. The molecule has 0 bridgehead atoms. The van der Waals surface area contributed by atoms with Crippen molar-refractivity contribution in [2.45, 2.75) is 31.2 Å². The molecule has 0 aliphatic rings. The molecular weight excluding hydrogens is 451 g/mol. The van der Waals surface area contributed by atoms with Gasteiger partial charge in [0, 0.05) is 23.2 Å². The van der Waals surface area contributed by atoms with E-state index in [0.29, 0.717) is 17.3 Å². The summed E-state index contributed by atoms with van der Waals surface area (Å²) in [6.07, 6.45) is 0. The number of halogens is 2. The lowest BCUT2D eigenvalue weighted by Gasteiger charge is -2.22. The molecule has 0 saturated carbocycles. The Morgan fingerprint density at radius 3 is 2.37 bits per heavy atom. The molecule has 2 N–H and O–H groups in total. The minimum atomic E-state index is -3.96. The fourth-order valence-electron chi connectivity index (χ4n) is 2.55. The van der Waals surface area contributed by atoms with Crippen LogP contribution in [0.5, 0.6) is 0 Å². The van der Waals surface area contributed by atoms with Crippen molar-refractivity contribution in [3.8, 4) is 0 Å². The van der Waals surface area contributed by atoms with E-state index in [0.717, 1.165) is 0 Å². The molecule has 3 rings (SSSR count). The molecule has 2 aromatic carbocycles. The zero-order chi connectivity index (χ0) is 22.1. The Morgan fingerprint density at radius 2 is 1.77 bits per heavy atom. The van der Waals surface area contributed by atoms with Crippen molar-refractivity contribution < 1.29 is 17.7 Å². The molecule has 1 heterocycles. The van der Waals surface area contributed by atoms with E-state index in [2.05, 4.69) is 20.2 Å². The predicted octanol–water partition coefficient (Wildman–Crippen LogP) is 4.15. The van der Waals surface area contributed by atoms with Gasteiger partial charge in [0.05, 0.1) is 10.6 Å². The third-order valence-electron chi connectivity index (χ3n) is 4.09. The standard InChI is InChI=1S/C19H18Cl2N4O4S/c1-11-22-18(24-29-11)19(2,3)23-17(26)12-4-7-14(8-5-12)25-30(27,28)16-10-13(20)6-9-15(16)21/h4-10,25H,1-3H3,(H,23,26). The van der Waals surface area contributed by atoms with Crippen LogP contribution in [0.3, 0.4) is 0 Å². The highest BCUT2D eigenvalue weighted by Gasteiger charge is 2.28. The number of carbonyl (C=O) groups is 1. The number of aromatic nitrogens is 2. The van der Waals surface area contributed by atoms with Crippen LogP contribution in [0.25, 0.3) is 0 Å². The smallest absolute Gasteiger partial charge is 0.263 e. The van der Waals surface area contributed by atoms with Gasteiger partial charge in [0.15, 0.2) is 5.82 Å². The summed E-state index contributed by atoms with van der Waals surface area (Å²) in [7, 11) is -3.96. The number of carbonyl (C=O) groups excluding carboxylic acids is 1. The van der Waals surface area contributed by atoms with Gasteiger partial charge >= 0.3 is 0 Å². The third-order valence-corrected chi connectivity index (χ3v) is 6.19. The number of hydrogen-bond donors (Lipinski definition) is 2. The number of benzene rings is 2. The lowest BCUT2D eigenvalue weighted by atomic mass is 10.0. The van der Waals surface area contributed by atoms with E-state index in [-0.39, 0.29) is 26.5 Å². The van der Waals surface area contributed by atoms with E-state index in [1.807, 2.05) is 0 Å². The van der Waals surface area contributed by atoms with Crippen LogP contribution < -0.4 is 10.0 Å². The van der Waals surface area contributed by atoms with Gasteiger partial charge < -0.3 is 9.84 Å². The van der Waals surface area contributed by atoms with Gasteiger partial charge in [-0.25, -0.2) is 8.42 Å². The maximum Gasteiger partial charge on any atom is 0.263 e. The maximum absolute atomic E-state index is 12.6. The van der Waals surface area contributed by atoms with Crippen LogP contribution in [-0.2, 0) is 15.6 Å². The highest BCUT2D eigenvalue weighted by Crippen LogP contribution is 2.27. The van der Waals surface area contributed by atoms with E-state index >= 15 is 0 Å². The van der Waals surface area contributed by atoms with E-state index in [9.17, 15) is 13.2 Å². The average molecular weight is 469 g/mol. The first kappa shape index (κ1) is 22.1. The van der Waals surface area contributed by atoms with E-state index < -0.39 is 15.6 Å². The van der Waals surface area contributed by atoms with Gasteiger partial charge in [-0.1, -0.05) is 28.4 Å². The highest BCUT2D eigenvalue weighted by atomic mass is 35.5. The second-order valence-corrected chi connectivity index (χ2v) is 9.47. The topological polar surface area (TPSA) is 114 Å². The number of rotatable bonds is 6. The Hall–Kier alpha value is -2.62. The largest absolute Gasteiger partial charge is 0.340 e. The Labute approximate surface area is 183 Å². The van der Waals surface area contributed by atoms with Gasteiger partial charge in [-0.2, -0.15) is 4.98 Å². The minimum absolute atomic E-state index is 0.0434. The summed E-state index contributed by atoms with van der Waals surface area (Å²) in [6.45, 7) is 5.14. The van der Waals surface area contributed by atoms with Crippen molar-refractivity contribution in [1.82, 2.24) is 15.5 Å². The van der Waals surface area contributed by atoms with Crippen LogP contribution in [0.15, 0.2) is 51.9 Å². The van der Waals surface area contributed by atoms with Crippen LogP contribution in [0.4, 0.5) is 5.69 Å². The number of anilines is 1. The lowest BCUT2D eigenvalue weighted by molar-refractivity contribution is 0.0907. The van der Waals surface area contributed by atoms with Gasteiger partial charge in [-0.3, -0.25) is 9.52 Å². The van der Waals surface area contributed by atoms with Gasteiger partial charge in [0.1, 0.15) is 4.90 Å². The van der Waals surface area contributed by atoms with Gasteiger partial charge in [-0.15, -0.1) is 0 Å². The first-order chi connectivity index (χ1) is 14.0. The van der Waals surface area contributed by atoms with Crippen LogP contribution >= 0.6 is 23.2 Å². The zero-order valence-corrected chi connectivity index (χ0v) is 18.6. The monoisotopic (exact) mass is 468 g/mol. The second kappa shape index (κ2) is 8.25. The van der Waals surface area contributed by atoms with Gasteiger partial charge in [0.2, 0.25) is 5.89 Å². The first-order valence-electron chi connectivity index (χ1n) is 8.69. The summed E-state index contributed by atoms with van der Waals surface area (Å²) in [5.74, 6) is 0.356. The molecule has 0 radical (unpaired) electrons. The fourth-order valence-corrected chi connectivity index (χ4v) is 4.37. The molecule has 11 heteroatoms. The maximum atomic E-state index is 12.6. The number of amides is 1. The molecule has 0 atom stereocenters. The molecule has 0 spiro atoms. The van der Waals surface area contributed by atoms with Crippen LogP contribution in [-0.4, -0.2) is 24.5 Å². The normalized spacial score (nSPS) is 11.9. The minimum Gasteiger partial charge on any atom is -0.340 e. The second-order valence-electron chi connectivity index (χ2n) is 6.97. The molecule has 30 heavy (non-hydrogen) atoms. The molecule has 0 aliphatic carbocycles. The number of hydrogen-bond acceptors (Lipinski definition) is 6. The van der Waals surface area contributed by atoms with E-state index in [4.69, 9.17) is 27.7 Å². The molecule has 0 unspecified atom stereocenters. The van der Waals surface area contributed by atoms with Crippen molar-refractivity contribution in [3.05, 3.63) is 69.8 Å². The lowest BCUT2D eigenvalue weighted by Crippen LogP contribution is -2.41. The number of aryl methyl sites for hydroxylation is 1. The molecule has 8 nitrogen and oxygen atoms in total. The van der Waals surface area contributed by atoms with Crippen molar-refractivity contribution in [3.63, 3.8) is 0 Å². The molecule has 158 valence electrons. The molecule has 1 amide bonds. The van der Waals surface area contributed by atoms with Gasteiger partial charge in [0.25, 0.3) is 15.9 Å². The number of nitrogens with one attached hydrogen (secondary N) is 2. The van der Waals surface area contributed by atoms with Crippen LogP contribution in [0.1, 0.15) is 35.9 Å². The summed E-state index contributed by atoms with van der Waals surface area (Å²) in [5, 5.41) is 6.93. The molecule has 3 aromatic rings. The van der Waals surface area contributed by atoms with Crippen molar-refractivity contribution >= 4 is 44.8 Å². The zero-order valence-electron chi connectivity index (χ0n) is 16.2. The summed E-state index contributed by atoms with van der Waals surface area (Å²) >= 11 is 11.8.